The molecule has 136 valence electrons. The van der Waals surface area contributed by atoms with Gasteiger partial charge in [0.25, 0.3) is 5.89 Å². The standard InChI is InChI=1S/C21H19N3O3/c1-12-9-13(2)16-11-18(22-17(16)10-12)21(25)26-14(3)19-23-24-20(27-19)15-7-5-4-6-8-15/h4-11,14,22H,1-3H3. The summed E-state index contributed by atoms with van der Waals surface area (Å²) in [7, 11) is 0. The van der Waals surface area contributed by atoms with E-state index in [0.717, 1.165) is 27.6 Å². The molecule has 0 radical (unpaired) electrons. The molecule has 1 unspecified atom stereocenters. The van der Waals surface area contributed by atoms with E-state index in [1.54, 1.807) is 6.92 Å². The number of nitrogens with zero attached hydrogens (tertiary/aromatic N) is 2. The Morgan fingerprint density at radius 1 is 1.11 bits per heavy atom. The zero-order chi connectivity index (χ0) is 19.0. The molecule has 0 aliphatic carbocycles. The number of aromatic amines is 1. The van der Waals surface area contributed by atoms with Crippen LogP contribution < -0.4 is 0 Å². The largest absolute Gasteiger partial charge is 0.448 e. The summed E-state index contributed by atoms with van der Waals surface area (Å²) in [5.41, 5.74) is 4.37. The van der Waals surface area contributed by atoms with Crippen molar-refractivity contribution in [2.75, 3.05) is 0 Å². The van der Waals surface area contributed by atoms with Gasteiger partial charge in [0, 0.05) is 16.5 Å². The molecule has 0 aliphatic heterocycles. The van der Waals surface area contributed by atoms with Gasteiger partial charge in [0.2, 0.25) is 5.89 Å². The molecule has 2 heterocycles. The average Bonchev–Trinajstić information content (AvgIpc) is 3.30. The average molecular weight is 361 g/mol. The third-order valence-corrected chi connectivity index (χ3v) is 4.40. The third kappa shape index (κ3) is 3.33. The second kappa shape index (κ2) is 6.72. The number of ether oxygens (including phenoxy) is 1. The molecule has 6 heteroatoms. The molecule has 27 heavy (non-hydrogen) atoms. The van der Waals surface area contributed by atoms with Crippen LogP contribution in [0.5, 0.6) is 0 Å². The van der Waals surface area contributed by atoms with E-state index in [1.807, 2.05) is 56.3 Å². The first kappa shape index (κ1) is 17.0. The second-order valence-electron chi connectivity index (χ2n) is 6.59. The SMILES string of the molecule is Cc1cc(C)c2cc(C(=O)OC(C)c3nnc(-c4ccccc4)o3)[nH]c2c1. The number of H-pyrrole nitrogens is 1. The van der Waals surface area contributed by atoms with Gasteiger partial charge in [-0.1, -0.05) is 24.3 Å². The zero-order valence-electron chi connectivity index (χ0n) is 15.3. The lowest BCUT2D eigenvalue weighted by Gasteiger charge is -2.08. The van der Waals surface area contributed by atoms with Gasteiger partial charge in [0.15, 0.2) is 6.10 Å². The molecular formula is C21H19N3O3. The smallest absolute Gasteiger partial charge is 0.355 e. The van der Waals surface area contributed by atoms with E-state index in [1.165, 1.54) is 0 Å². The van der Waals surface area contributed by atoms with Crippen LogP contribution in [-0.4, -0.2) is 21.2 Å². The molecule has 6 nitrogen and oxygen atoms in total. The summed E-state index contributed by atoms with van der Waals surface area (Å²) in [4.78, 5) is 15.7. The number of rotatable bonds is 4. The Labute approximate surface area is 156 Å². The van der Waals surface area contributed by atoms with E-state index in [9.17, 15) is 4.79 Å². The fourth-order valence-corrected chi connectivity index (χ4v) is 3.08. The van der Waals surface area contributed by atoms with Crippen molar-refractivity contribution in [1.29, 1.82) is 0 Å². The maximum absolute atomic E-state index is 12.5. The molecular weight excluding hydrogens is 342 g/mol. The lowest BCUT2D eigenvalue weighted by atomic mass is 10.1. The number of hydrogen-bond donors (Lipinski definition) is 1. The van der Waals surface area contributed by atoms with E-state index < -0.39 is 12.1 Å². The molecule has 0 aliphatic rings. The maximum atomic E-state index is 12.5. The fourth-order valence-electron chi connectivity index (χ4n) is 3.08. The van der Waals surface area contributed by atoms with Gasteiger partial charge in [-0.15, -0.1) is 10.2 Å². The third-order valence-electron chi connectivity index (χ3n) is 4.40. The van der Waals surface area contributed by atoms with Crippen LogP contribution in [0.2, 0.25) is 0 Å². The van der Waals surface area contributed by atoms with Crippen LogP contribution in [0.4, 0.5) is 0 Å². The maximum Gasteiger partial charge on any atom is 0.355 e. The normalized spacial score (nSPS) is 12.3. The first-order valence-electron chi connectivity index (χ1n) is 8.71. The molecule has 0 amide bonds. The summed E-state index contributed by atoms with van der Waals surface area (Å²) < 4.78 is 11.2. The van der Waals surface area contributed by atoms with E-state index >= 15 is 0 Å². The minimum absolute atomic E-state index is 0.255. The van der Waals surface area contributed by atoms with Crippen molar-refractivity contribution in [1.82, 2.24) is 15.2 Å². The molecule has 1 N–H and O–H groups in total. The number of carbonyl (C=O) groups excluding carboxylic acids is 1. The van der Waals surface area contributed by atoms with Crippen molar-refractivity contribution in [2.45, 2.75) is 26.9 Å². The van der Waals surface area contributed by atoms with Crippen molar-refractivity contribution < 1.29 is 13.9 Å². The predicted molar refractivity (Wildman–Crippen MR) is 101 cm³/mol. The number of hydrogen-bond acceptors (Lipinski definition) is 5. The Bertz CT molecular complexity index is 1110. The number of aryl methyl sites for hydroxylation is 2. The van der Waals surface area contributed by atoms with Gasteiger partial charge in [-0.3, -0.25) is 0 Å². The molecule has 0 saturated carbocycles. The van der Waals surface area contributed by atoms with E-state index in [4.69, 9.17) is 9.15 Å². The molecule has 4 aromatic rings. The van der Waals surface area contributed by atoms with E-state index in [2.05, 4.69) is 21.2 Å². The quantitative estimate of drug-likeness (QED) is 0.530. The Hall–Kier alpha value is -3.41. The number of carbonyl (C=O) groups is 1. The number of esters is 1. The van der Waals surface area contributed by atoms with Crippen molar-refractivity contribution in [3.8, 4) is 11.5 Å². The van der Waals surface area contributed by atoms with Gasteiger partial charge >= 0.3 is 5.97 Å². The van der Waals surface area contributed by atoms with Crippen LogP contribution >= 0.6 is 0 Å². The van der Waals surface area contributed by atoms with Crippen molar-refractivity contribution in [2.24, 2.45) is 0 Å². The lowest BCUT2D eigenvalue weighted by Crippen LogP contribution is -2.09. The van der Waals surface area contributed by atoms with Crippen molar-refractivity contribution >= 4 is 16.9 Å². The number of nitrogens with one attached hydrogen (secondary N) is 1. The predicted octanol–water partition coefficient (Wildman–Crippen LogP) is 4.75. The van der Waals surface area contributed by atoms with Crippen LogP contribution in [0.15, 0.2) is 52.9 Å². The summed E-state index contributed by atoms with van der Waals surface area (Å²) in [6, 6.07) is 15.3. The lowest BCUT2D eigenvalue weighted by molar-refractivity contribution is 0.0274. The van der Waals surface area contributed by atoms with Crippen LogP contribution in [0, 0.1) is 13.8 Å². The highest BCUT2D eigenvalue weighted by atomic mass is 16.6. The molecule has 2 aromatic heterocycles. The molecule has 2 aromatic carbocycles. The highest BCUT2D eigenvalue weighted by Gasteiger charge is 2.21. The van der Waals surface area contributed by atoms with Gasteiger partial charge in [0.1, 0.15) is 5.69 Å². The summed E-state index contributed by atoms with van der Waals surface area (Å²) in [5, 5.41) is 9.04. The first-order valence-corrected chi connectivity index (χ1v) is 8.71. The number of fused-ring (bicyclic) bond motifs is 1. The molecule has 0 saturated heterocycles. The number of aromatic nitrogens is 3. The Morgan fingerprint density at radius 3 is 2.67 bits per heavy atom. The first-order chi connectivity index (χ1) is 13.0. The molecule has 4 rings (SSSR count). The molecule has 0 bridgehead atoms. The Kier molecular flexibility index (Phi) is 4.24. The highest BCUT2D eigenvalue weighted by molar-refractivity contribution is 5.96. The Balaban J connectivity index is 1.53. The monoisotopic (exact) mass is 361 g/mol. The van der Waals surface area contributed by atoms with Crippen molar-refractivity contribution in [3.05, 3.63) is 71.2 Å². The summed E-state index contributed by atoms with van der Waals surface area (Å²) in [6.07, 6.45) is -0.656. The van der Waals surface area contributed by atoms with E-state index in [0.29, 0.717) is 11.6 Å². The van der Waals surface area contributed by atoms with Gasteiger partial charge < -0.3 is 14.1 Å². The van der Waals surface area contributed by atoms with Crippen LogP contribution in [-0.2, 0) is 4.74 Å². The molecule has 0 spiro atoms. The fraction of sp³-hybridized carbons (Fsp3) is 0.190. The number of benzene rings is 2. The zero-order valence-corrected chi connectivity index (χ0v) is 15.3. The van der Waals surface area contributed by atoms with Gasteiger partial charge in [-0.25, -0.2) is 4.79 Å². The van der Waals surface area contributed by atoms with Crippen LogP contribution in [0.25, 0.3) is 22.4 Å². The summed E-state index contributed by atoms with van der Waals surface area (Å²) in [5.74, 6) is 0.186. The van der Waals surface area contributed by atoms with Crippen LogP contribution in [0.1, 0.15) is 40.5 Å². The minimum Gasteiger partial charge on any atom is -0.448 e. The highest BCUT2D eigenvalue weighted by Crippen LogP contribution is 2.25. The minimum atomic E-state index is -0.656. The van der Waals surface area contributed by atoms with Crippen LogP contribution in [0.3, 0.4) is 0 Å². The molecule has 1 atom stereocenters. The van der Waals surface area contributed by atoms with Gasteiger partial charge in [-0.05, 0) is 56.2 Å². The van der Waals surface area contributed by atoms with Crippen molar-refractivity contribution in [3.63, 3.8) is 0 Å². The van der Waals surface area contributed by atoms with E-state index in [-0.39, 0.29) is 5.89 Å². The Morgan fingerprint density at radius 2 is 1.89 bits per heavy atom. The van der Waals surface area contributed by atoms with Gasteiger partial charge in [-0.2, -0.15) is 0 Å². The summed E-state index contributed by atoms with van der Waals surface area (Å²) in [6.45, 7) is 5.75. The second-order valence-corrected chi connectivity index (χ2v) is 6.59. The molecule has 0 fully saturated rings. The summed E-state index contributed by atoms with van der Waals surface area (Å²) >= 11 is 0. The van der Waals surface area contributed by atoms with Gasteiger partial charge in [0.05, 0.1) is 0 Å². The topological polar surface area (TPSA) is 81.0 Å².